The van der Waals surface area contributed by atoms with E-state index in [0.717, 1.165) is 11.3 Å². The molecule has 1 fully saturated rings. The van der Waals surface area contributed by atoms with Gasteiger partial charge in [0.15, 0.2) is 5.82 Å². The average Bonchev–Trinajstić information content (AvgIpc) is 3.26. The summed E-state index contributed by atoms with van der Waals surface area (Å²) in [6.07, 6.45) is 7.29. The molecule has 30 heavy (non-hydrogen) atoms. The monoisotopic (exact) mass is 446 g/mol. The SMILES string of the molecule is O=C(NO)c1sc(S(=O)(=O)C2(c3ccccc3)C=CC=CC2)nc1N1CCNCC1. The predicted molar refractivity (Wildman–Crippen MR) is 115 cm³/mol. The zero-order valence-electron chi connectivity index (χ0n) is 16.1. The van der Waals surface area contributed by atoms with Crippen LogP contribution in [-0.4, -0.2) is 50.7 Å². The number of rotatable bonds is 5. The fourth-order valence-electron chi connectivity index (χ4n) is 3.74. The van der Waals surface area contributed by atoms with Crippen LogP contribution in [0.4, 0.5) is 5.82 Å². The third-order valence-corrected chi connectivity index (χ3v) is 9.11. The molecule has 1 aromatic carbocycles. The van der Waals surface area contributed by atoms with Crippen LogP contribution in [0, 0.1) is 0 Å². The molecule has 158 valence electrons. The van der Waals surface area contributed by atoms with Crippen LogP contribution >= 0.6 is 11.3 Å². The molecule has 0 spiro atoms. The highest BCUT2D eigenvalue weighted by atomic mass is 32.2. The van der Waals surface area contributed by atoms with Crippen molar-refractivity contribution in [2.24, 2.45) is 0 Å². The van der Waals surface area contributed by atoms with E-state index in [1.54, 1.807) is 41.9 Å². The fraction of sp³-hybridized carbons (Fsp3) is 0.300. The molecular weight excluding hydrogens is 424 g/mol. The zero-order valence-corrected chi connectivity index (χ0v) is 17.7. The highest BCUT2D eigenvalue weighted by molar-refractivity contribution is 7.94. The Morgan fingerprint density at radius 3 is 2.57 bits per heavy atom. The number of amides is 1. The van der Waals surface area contributed by atoms with Crippen molar-refractivity contribution in [2.75, 3.05) is 31.1 Å². The Kier molecular flexibility index (Phi) is 5.74. The number of piperazine rings is 1. The number of carbonyl (C=O) groups excluding carboxylic acids is 1. The quantitative estimate of drug-likeness (QED) is 0.475. The van der Waals surface area contributed by atoms with Crippen LogP contribution in [-0.2, 0) is 14.6 Å². The summed E-state index contributed by atoms with van der Waals surface area (Å²) in [5.41, 5.74) is 2.25. The summed E-state index contributed by atoms with van der Waals surface area (Å²) in [5, 5.41) is 12.4. The van der Waals surface area contributed by atoms with Gasteiger partial charge in [-0.25, -0.2) is 18.9 Å². The summed E-state index contributed by atoms with van der Waals surface area (Å²) >= 11 is 0.788. The third kappa shape index (κ3) is 3.45. The number of hydrogen-bond donors (Lipinski definition) is 3. The van der Waals surface area contributed by atoms with E-state index in [1.807, 2.05) is 23.1 Å². The second kappa shape index (κ2) is 8.31. The van der Waals surface area contributed by atoms with E-state index in [4.69, 9.17) is 0 Å². The van der Waals surface area contributed by atoms with Crippen LogP contribution in [0.2, 0.25) is 0 Å². The molecule has 10 heteroatoms. The van der Waals surface area contributed by atoms with Gasteiger partial charge in [0.1, 0.15) is 9.62 Å². The number of benzene rings is 1. The number of aromatic nitrogens is 1. The van der Waals surface area contributed by atoms with Crippen LogP contribution < -0.4 is 15.7 Å². The minimum absolute atomic E-state index is 0.0801. The molecule has 1 atom stereocenters. The van der Waals surface area contributed by atoms with Crippen molar-refractivity contribution in [1.29, 1.82) is 0 Å². The lowest BCUT2D eigenvalue weighted by atomic mass is 9.91. The van der Waals surface area contributed by atoms with Crippen molar-refractivity contribution in [3.8, 4) is 0 Å². The maximum absolute atomic E-state index is 13.9. The number of carbonyl (C=O) groups is 1. The first kappa shape index (κ1) is 20.7. The van der Waals surface area contributed by atoms with E-state index < -0.39 is 20.5 Å². The van der Waals surface area contributed by atoms with Gasteiger partial charge >= 0.3 is 0 Å². The summed E-state index contributed by atoms with van der Waals surface area (Å²) in [7, 11) is -3.99. The first-order chi connectivity index (χ1) is 14.5. The van der Waals surface area contributed by atoms with Gasteiger partial charge in [-0.1, -0.05) is 66.0 Å². The molecule has 0 radical (unpaired) electrons. The molecule has 1 aromatic heterocycles. The molecule has 1 amide bonds. The first-order valence-corrected chi connectivity index (χ1v) is 11.8. The van der Waals surface area contributed by atoms with Gasteiger partial charge in [-0.15, -0.1) is 0 Å². The molecule has 1 aliphatic heterocycles. The Morgan fingerprint density at radius 2 is 1.93 bits per heavy atom. The fourth-order valence-corrected chi connectivity index (χ4v) is 7.13. The molecule has 2 heterocycles. The van der Waals surface area contributed by atoms with E-state index in [9.17, 15) is 18.4 Å². The summed E-state index contributed by atoms with van der Waals surface area (Å²) in [5.74, 6) is -0.486. The molecule has 8 nitrogen and oxygen atoms in total. The van der Waals surface area contributed by atoms with Crippen molar-refractivity contribution in [3.63, 3.8) is 0 Å². The van der Waals surface area contributed by atoms with Gasteiger partial charge in [-0.2, -0.15) is 0 Å². The molecule has 0 bridgehead atoms. The van der Waals surface area contributed by atoms with Crippen molar-refractivity contribution in [1.82, 2.24) is 15.8 Å². The Hall–Kier alpha value is -2.53. The van der Waals surface area contributed by atoms with Gasteiger partial charge in [-0.05, 0) is 12.0 Å². The van der Waals surface area contributed by atoms with E-state index in [2.05, 4.69) is 10.3 Å². The zero-order chi connectivity index (χ0) is 21.2. The van der Waals surface area contributed by atoms with Crippen molar-refractivity contribution >= 4 is 32.9 Å². The number of nitrogens with one attached hydrogen (secondary N) is 2. The Morgan fingerprint density at radius 1 is 1.20 bits per heavy atom. The van der Waals surface area contributed by atoms with Gasteiger partial charge in [0.2, 0.25) is 14.2 Å². The first-order valence-electron chi connectivity index (χ1n) is 9.55. The van der Waals surface area contributed by atoms with Gasteiger partial charge in [-0.3, -0.25) is 10.0 Å². The van der Waals surface area contributed by atoms with Crippen LogP contribution in [0.15, 0.2) is 59.0 Å². The number of sulfone groups is 1. The molecule has 2 aromatic rings. The minimum atomic E-state index is -3.99. The maximum Gasteiger partial charge on any atom is 0.288 e. The van der Waals surface area contributed by atoms with Crippen molar-refractivity contribution in [2.45, 2.75) is 15.5 Å². The smallest absolute Gasteiger partial charge is 0.288 e. The maximum atomic E-state index is 13.9. The van der Waals surface area contributed by atoms with Gasteiger partial charge in [0, 0.05) is 26.2 Å². The second-order valence-corrected chi connectivity index (χ2v) is 10.4. The van der Waals surface area contributed by atoms with E-state index in [0.29, 0.717) is 31.7 Å². The average molecular weight is 447 g/mol. The van der Waals surface area contributed by atoms with Gasteiger partial charge in [0.05, 0.1) is 0 Å². The molecule has 3 N–H and O–H groups in total. The lowest BCUT2D eigenvalue weighted by Gasteiger charge is -2.30. The summed E-state index contributed by atoms with van der Waals surface area (Å²) in [4.78, 5) is 18.7. The summed E-state index contributed by atoms with van der Waals surface area (Å²) in [6, 6.07) is 9.01. The van der Waals surface area contributed by atoms with E-state index in [-0.39, 0.29) is 21.5 Å². The Balaban J connectivity index is 1.85. The van der Waals surface area contributed by atoms with Crippen molar-refractivity contribution in [3.05, 3.63) is 65.1 Å². The Bertz CT molecular complexity index is 1090. The molecule has 1 saturated heterocycles. The van der Waals surface area contributed by atoms with E-state index >= 15 is 0 Å². The van der Waals surface area contributed by atoms with Crippen LogP contribution in [0.1, 0.15) is 21.7 Å². The van der Waals surface area contributed by atoms with Gasteiger partial charge < -0.3 is 10.2 Å². The molecule has 0 saturated carbocycles. The highest BCUT2D eigenvalue weighted by Gasteiger charge is 2.46. The van der Waals surface area contributed by atoms with Crippen LogP contribution in [0.3, 0.4) is 0 Å². The Labute approximate surface area is 178 Å². The number of hydrogen-bond acceptors (Lipinski definition) is 8. The highest BCUT2D eigenvalue weighted by Crippen LogP contribution is 2.44. The van der Waals surface area contributed by atoms with E-state index in [1.165, 1.54) is 0 Å². The molecule has 4 rings (SSSR count). The summed E-state index contributed by atoms with van der Waals surface area (Å²) < 4.78 is 26.4. The topological polar surface area (TPSA) is 112 Å². The predicted octanol–water partition coefficient (Wildman–Crippen LogP) is 1.86. The largest absolute Gasteiger partial charge is 0.353 e. The molecule has 2 aliphatic rings. The lowest BCUT2D eigenvalue weighted by molar-refractivity contribution is 0.0711. The molecular formula is C20H22N4O4S2. The second-order valence-electron chi connectivity index (χ2n) is 7.06. The van der Waals surface area contributed by atoms with Crippen LogP contribution in [0.25, 0.3) is 0 Å². The van der Waals surface area contributed by atoms with Crippen molar-refractivity contribution < 1.29 is 18.4 Å². The number of allylic oxidation sites excluding steroid dienone is 3. The molecule has 1 unspecified atom stereocenters. The number of thiazole rings is 1. The summed E-state index contributed by atoms with van der Waals surface area (Å²) in [6.45, 7) is 2.56. The minimum Gasteiger partial charge on any atom is -0.353 e. The van der Waals surface area contributed by atoms with Crippen LogP contribution in [0.5, 0.6) is 0 Å². The number of anilines is 1. The normalized spacial score (nSPS) is 21.6. The number of hydroxylamine groups is 1. The number of nitrogens with zero attached hydrogens (tertiary/aromatic N) is 2. The lowest BCUT2D eigenvalue weighted by Crippen LogP contribution is -2.44. The third-order valence-electron chi connectivity index (χ3n) is 5.32. The standard InChI is InChI=1S/C20H22N4O4S2/c25-18(23-26)16-17(24-13-11-21-12-14-24)22-19(29-16)30(27,28)20(9-5-2-6-10-20)15-7-3-1-4-8-15/h1-9,21,26H,10-14H2,(H,23,25). The molecule has 1 aliphatic carbocycles. The van der Waals surface area contributed by atoms with Gasteiger partial charge in [0.25, 0.3) is 5.91 Å².